The van der Waals surface area contributed by atoms with E-state index in [-0.39, 0.29) is 30.3 Å². The predicted octanol–water partition coefficient (Wildman–Crippen LogP) is 2.48. The van der Waals surface area contributed by atoms with E-state index in [2.05, 4.69) is 5.32 Å². The second kappa shape index (κ2) is 6.03. The highest BCUT2D eigenvalue weighted by Gasteiger charge is 2.30. The molecule has 2 unspecified atom stereocenters. The van der Waals surface area contributed by atoms with E-state index in [1.54, 1.807) is 0 Å². The van der Waals surface area contributed by atoms with E-state index in [9.17, 15) is 4.79 Å². The SMILES string of the molecule is Cc1cccc(NC(=O)C2CCCC2N)c1.Cl. The van der Waals surface area contributed by atoms with Gasteiger partial charge in [0.05, 0.1) is 5.92 Å². The Labute approximate surface area is 108 Å². The summed E-state index contributed by atoms with van der Waals surface area (Å²) in [5, 5.41) is 2.94. The molecule has 3 N–H and O–H groups in total. The summed E-state index contributed by atoms with van der Waals surface area (Å²) in [5.74, 6) is 0.0520. The molecule has 1 aromatic rings. The lowest BCUT2D eigenvalue weighted by Gasteiger charge is -2.15. The third-order valence-corrected chi connectivity index (χ3v) is 3.19. The van der Waals surface area contributed by atoms with Crippen molar-refractivity contribution in [3.8, 4) is 0 Å². The van der Waals surface area contributed by atoms with Crippen molar-refractivity contribution < 1.29 is 4.79 Å². The number of amides is 1. The van der Waals surface area contributed by atoms with Gasteiger partial charge in [0.2, 0.25) is 5.91 Å². The van der Waals surface area contributed by atoms with Crippen molar-refractivity contribution in [2.45, 2.75) is 32.2 Å². The fraction of sp³-hybridized carbons (Fsp3) is 0.462. The van der Waals surface area contributed by atoms with Crippen LogP contribution < -0.4 is 11.1 Å². The van der Waals surface area contributed by atoms with Gasteiger partial charge in [-0.2, -0.15) is 0 Å². The van der Waals surface area contributed by atoms with Crippen LogP contribution in [0.25, 0.3) is 0 Å². The van der Waals surface area contributed by atoms with Crippen LogP contribution in [0.5, 0.6) is 0 Å². The topological polar surface area (TPSA) is 55.1 Å². The van der Waals surface area contributed by atoms with E-state index in [0.717, 1.165) is 30.5 Å². The molecular weight excluding hydrogens is 236 g/mol. The highest BCUT2D eigenvalue weighted by Crippen LogP contribution is 2.25. The number of anilines is 1. The number of nitrogens with two attached hydrogens (primary N) is 1. The number of carbonyl (C=O) groups excluding carboxylic acids is 1. The Morgan fingerprint density at radius 1 is 1.41 bits per heavy atom. The maximum atomic E-state index is 11.9. The lowest BCUT2D eigenvalue weighted by molar-refractivity contribution is -0.120. The molecule has 2 atom stereocenters. The van der Waals surface area contributed by atoms with E-state index in [0.29, 0.717) is 0 Å². The first-order valence-corrected chi connectivity index (χ1v) is 5.80. The standard InChI is InChI=1S/C13H18N2O.ClH/c1-9-4-2-5-10(8-9)15-13(16)11-6-3-7-12(11)14;/h2,4-5,8,11-12H,3,6-7,14H2,1H3,(H,15,16);1H. The van der Waals surface area contributed by atoms with Gasteiger partial charge in [-0.25, -0.2) is 0 Å². The van der Waals surface area contributed by atoms with Gasteiger partial charge in [-0.15, -0.1) is 12.4 Å². The molecule has 0 aliphatic heterocycles. The minimum absolute atomic E-state index is 0. The minimum atomic E-state index is -0.0134. The number of carbonyl (C=O) groups is 1. The molecule has 0 spiro atoms. The van der Waals surface area contributed by atoms with Gasteiger partial charge < -0.3 is 11.1 Å². The van der Waals surface area contributed by atoms with Gasteiger partial charge in [0.25, 0.3) is 0 Å². The first-order chi connectivity index (χ1) is 7.66. The third kappa shape index (κ3) is 3.45. The Morgan fingerprint density at radius 3 is 2.76 bits per heavy atom. The van der Waals surface area contributed by atoms with Gasteiger partial charge in [-0.05, 0) is 37.5 Å². The number of hydrogen-bond donors (Lipinski definition) is 2. The fourth-order valence-corrected chi connectivity index (χ4v) is 2.27. The van der Waals surface area contributed by atoms with Crippen LogP contribution >= 0.6 is 12.4 Å². The summed E-state index contributed by atoms with van der Waals surface area (Å²) in [6.07, 6.45) is 2.94. The van der Waals surface area contributed by atoms with Crippen molar-refractivity contribution in [1.29, 1.82) is 0 Å². The molecule has 17 heavy (non-hydrogen) atoms. The predicted molar refractivity (Wildman–Crippen MR) is 72.4 cm³/mol. The molecule has 0 aromatic heterocycles. The molecule has 1 aliphatic carbocycles. The molecule has 0 bridgehead atoms. The molecule has 1 amide bonds. The maximum absolute atomic E-state index is 11.9. The molecule has 0 saturated heterocycles. The van der Waals surface area contributed by atoms with Crippen molar-refractivity contribution in [3.05, 3.63) is 29.8 Å². The van der Waals surface area contributed by atoms with Crippen LogP contribution in [0.2, 0.25) is 0 Å². The smallest absolute Gasteiger partial charge is 0.229 e. The first-order valence-electron chi connectivity index (χ1n) is 5.80. The summed E-state index contributed by atoms with van der Waals surface area (Å²) in [7, 11) is 0. The lowest BCUT2D eigenvalue weighted by atomic mass is 10.0. The Balaban J connectivity index is 0.00000144. The summed E-state index contributed by atoms with van der Waals surface area (Å²) < 4.78 is 0. The monoisotopic (exact) mass is 254 g/mol. The third-order valence-electron chi connectivity index (χ3n) is 3.19. The van der Waals surface area contributed by atoms with Gasteiger partial charge in [-0.1, -0.05) is 18.6 Å². The van der Waals surface area contributed by atoms with Crippen LogP contribution in [0.3, 0.4) is 0 Å². The summed E-state index contributed by atoms with van der Waals surface area (Å²) >= 11 is 0. The van der Waals surface area contributed by atoms with Crippen LogP contribution in [0, 0.1) is 12.8 Å². The van der Waals surface area contributed by atoms with Crippen molar-refractivity contribution >= 4 is 24.0 Å². The number of halogens is 1. The van der Waals surface area contributed by atoms with E-state index < -0.39 is 0 Å². The fourth-order valence-electron chi connectivity index (χ4n) is 2.27. The zero-order chi connectivity index (χ0) is 11.5. The molecule has 1 saturated carbocycles. The number of hydrogen-bond acceptors (Lipinski definition) is 2. The number of benzene rings is 1. The highest BCUT2D eigenvalue weighted by atomic mass is 35.5. The quantitative estimate of drug-likeness (QED) is 0.852. The Kier molecular flexibility index (Phi) is 4.97. The second-order valence-corrected chi connectivity index (χ2v) is 4.56. The van der Waals surface area contributed by atoms with Crippen LogP contribution in [0.4, 0.5) is 5.69 Å². The van der Waals surface area contributed by atoms with Gasteiger partial charge in [0.1, 0.15) is 0 Å². The Morgan fingerprint density at radius 2 is 2.18 bits per heavy atom. The molecule has 1 fully saturated rings. The summed E-state index contributed by atoms with van der Waals surface area (Å²) in [6, 6.07) is 7.87. The molecule has 0 radical (unpaired) electrons. The van der Waals surface area contributed by atoms with Crippen LogP contribution in [-0.4, -0.2) is 11.9 Å². The molecule has 4 heteroatoms. The number of nitrogens with one attached hydrogen (secondary N) is 1. The van der Waals surface area contributed by atoms with Crippen molar-refractivity contribution in [1.82, 2.24) is 0 Å². The van der Waals surface area contributed by atoms with Crippen LogP contribution in [-0.2, 0) is 4.79 Å². The first kappa shape index (κ1) is 14.0. The van der Waals surface area contributed by atoms with Gasteiger partial charge in [0.15, 0.2) is 0 Å². The summed E-state index contributed by atoms with van der Waals surface area (Å²) in [6.45, 7) is 2.01. The van der Waals surface area contributed by atoms with E-state index in [4.69, 9.17) is 5.73 Å². The van der Waals surface area contributed by atoms with Crippen LogP contribution in [0.15, 0.2) is 24.3 Å². The van der Waals surface area contributed by atoms with Gasteiger partial charge in [-0.3, -0.25) is 4.79 Å². The molecule has 3 nitrogen and oxygen atoms in total. The molecule has 2 rings (SSSR count). The number of aryl methyl sites for hydroxylation is 1. The highest BCUT2D eigenvalue weighted by molar-refractivity contribution is 5.93. The van der Waals surface area contributed by atoms with Crippen molar-refractivity contribution in [2.75, 3.05) is 5.32 Å². The average Bonchev–Trinajstić information content (AvgIpc) is 2.64. The largest absolute Gasteiger partial charge is 0.327 e. The van der Waals surface area contributed by atoms with E-state index >= 15 is 0 Å². The Hall–Kier alpha value is -1.06. The normalized spacial score (nSPS) is 22.9. The van der Waals surface area contributed by atoms with Gasteiger partial charge in [0, 0.05) is 11.7 Å². The average molecular weight is 255 g/mol. The van der Waals surface area contributed by atoms with Crippen LogP contribution in [0.1, 0.15) is 24.8 Å². The van der Waals surface area contributed by atoms with E-state index in [1.807, 2.05) is 31.2 Å². The number of rotatable bonds is 2. The zero-order valence-corrected chi connectivity index (χ0v) is 10.8. The van der Waals surface area contributed by atoms with E-state index in [1.165, 1.54) is 0 Å². The van der Waals surface area contributed by atoms with Gasteiger partial charge >= 0.3 is 0 Å². The maximum Gasteiger partial charge on any atom is 0.229 e. The zero-order valence-electron chi connectivity index (χ0n) is 9.98. The molecule has 0 heterocycles. The molecular formula is C13H19ClN2O. The lowest BCUT2D eigenvalue weighted by Crippen LogP contribution is -2.34. The Bertz CT molecular complexity index is 395. The minimum Gasteiger partial charge on any atom is -0.327 e. The molecule has 1 aliphatic rings. The molecule has 94 valence electrons. The molecule has 1 aromatic carbocycles. The van der Waals surface area contributed by atoms with Crippen molar-refractivity contribution in [2.24, 2.45) is 11.7 Å². The van der Waals surface area contributed by atoms with Crippen molar-refractivity contribution in [3.63, 3.8) is 0 Å². The summed E-state index contributed by atoms with van der Waals surface area (Å²) in [5.41, 5.74) is 7.91. The second-order valence-electron chi connectivity index (χ2n) is 4.56. The summed E-state index contributed by atoms with van der Waals surface area (Å²) in [4.78, 5) is 11.9.